The molecule has 0 radical (unpaired) electrons. The van der Waals surface area contributed by atoms with Crippen LogP contribution in [0.3, 0.4) is 0 Å². The van der Waals surface area contributed by atoms with Crippen LogP contribution in [-0.2, 0) is 57.6 Å². The molecule has 70 heavy (non-hydrogen) atoms. The highest BCUT2D eigenvalue weighted by atomic mass is 16.2. The summed E-state index contributed by atoms with van der Waals surface area (Å²) in [6.07, 6.45) is 7.92. The van der Waals surface area contributed by atoms with Crippen molar-refractivity contribution >= 4 is 64.1 Å². The van der Waals surface area contributed by atoms with E-state index >= 15 is 0 Å². The van der Waals surface area contributed by atoms with Crippen LogP contribution in [0.1, 0.15) is 81.0 Å². The molecule has 6 rings (SSSR count). The summed E-state index contributed by atoms with van der Waals surface area (Å²) < 4.78 is 0. The number of H-pyrrole nitrogens is 2. The summed E-state index contributed by atoms with van der Waals surface area (Å²) in [5.74, 6) is -5.69. The lowest BCUT2D eigenvalue weighted by atomic mass is 10.0. The molecular formula is C48H64N14O8. The van der Waals surface area contributed by atoms with Gasteiger partial charge < -0.3 is 64.4 Å². The highest BCUT2D eigenvalue weighted by Crippen LogP contribution is 2.27. The zero-order valence-corrected chi connectivity index (χ0v) is 39.0. The molecule has 374 valence electrons. The summed E-state index contributed by atoms with van der Waals surface area (Å²) in [5, 5.41) is 20.0. The number of carbonyl (C=O) groups excluding carboxylic acids is 8. The predicted octanol–water partition coefficient (Wildman–Crippen LogP) is -0.753. The van der Waals surface area contributed by atoms with E-state index in [-0.39, 0.29) is 88.7 Å². The molecule has 1 aliphatic heterocycles. The van der Waals surface area contributed by atoms with E-state index in [1.807, 2.05) is 24.3 Å². The van der Waals surface area contributed by atoms with Gasteiger partial charge in [-0.2, -0.15) is 0 Å². The molecule has 6 atom stereocenters. The van der Waals surface area contributed by atoms with Gasteiger partial charge in [0.2, 0.25) is 47.3 Å². The van der Waals surface area contributed by atoms with Crippen LogP contribution in [-0.4, -0.2) is 118 Å². The number of aromatic amines is 2. The van der Waals surface area contributed by atoms with Crippen LogP contribution in [0.5, 0.6) is 0 Å². The van der Waals surface area contributed by atoms with E-state index in [0.29, 0.717) is 16.8 Å². The fraction of sp³-hybridized carbons (Fsp3) is 0.458. The smallest absolute Gasteiger partial charge is 0.243 e. The molecule has 15 N–H and O–H groups in total. The van der Waals surface area contributed by atoms with Gasteiger partial charge in [-0.15, -0.1) is 0 Å². The summed E-state index contributed by atoms with van der Waals surface area (Å²) in [5.41, 5.74) is 19.6. The minimum absolute atomic E-state index is 0.00910. The third kappa shape index (κ3) is 15.6. The van der Waals surface area contributed by atoms with E-state index in [9.17, 15) is 38.4 Å². The number of hydrogen-bond donors (Lipinski definition) is 12. The first-order valence-corrected chi connectivity index (χ1v) is 23.7. The van der Waals surface area contributed by atoms with Crippen molar-refractivity contribution in [3.05, 3.63) is 90.1 Å². The molecule has 0 bridgehead atoms. The molecule has 2 aromatic carbocycles. The van der Waals surface area contributed by atoms with E-state index in [1.165, 1.54) is 12.5 Å². The second kappa shape index (κ2) is 25.5. The van der Waals surface area contributed by atoms with Crippen molar-refractivity contribution in [3.63, 3.8) is 0 Å². The average molecular weight is 965 g/mol. The number of para-hydroxylation sites is 1. The number of nitrogens with two attached hydrogens (primary N) is 3. The van der Waals surface area contributed by atoms with Gasteiger partial charge in [-0.3, -0.25) is 43.3 Å². The molecule has 6 unspecified atom stereocenters. The summed E-state index contributed by atoms with van der Waals surface area (Å²) in [6, 6.07) is 8.36. The van der Waals surface area contributed by atoms with Crippen LogP contribution in [0, 0.1) is 5.92 Å². The molecule has 2 aliphatic rings. The Morgan fingerprint density at radius 3 is 2.17 bits per heavy atom. The maximum atomic E-state index is 14.5. The van der Waals surface area contributed by atoms with E-state index in [1.54, 1.807) is 36.5 Å². The standard InChI is InChI=1S/C48H64N14O8/c49-42(65)37(23-30-25-55-33-14-7-6-13-32(30)33)60-45(68)36-18-20-53-40(63)17-16-35(57-41(64)22-29-11-4-5-12-29)44(67)62-39(24-31-26-52-27-56-31)47(70)61-38(21-28-9-2-1-3-10-28)46(69)58-34(43(66)59-36)15-8-19-54-48(50)51/h1-3,6-7,9-10,13-14,25-27,29,34-39,55H,4-5,8,11-12,15-24H2,(H2,49,65)(H,52,56)(H,53,63)(H,57,64)(H,58,69)(H,59,66)(H,60,68)(H,61,70)(H,62,67)(H4,50,51,54). The lowest BCUT2D eigenvalue weighted by molar-refractivity contribution is -0.135. The average Bonchev–Trinajstić information content (AvgIpc) is 4.14. The number of primary amides is 1. The fourth-order valence-corrected chi connectivity index (χ4v) is 8.75. The van der Waals surface area contributed by atoms with Crippen molar-refractivity contribution in [2.75, 3.05) is 13.1 Å². The van der Waals surface area contributed by atoms with Crippen LogP contribution in [0.2, 0.25) is 0 Å². The first kappa shape index (κ1) is 51.6. The van der Waals surface area contributed by atoms with Crippen LogP contribution in [0.25, 0.3) is 10.9 Å². The lowest BCUT2D eigenvalue weighted by Crippen LogP contribution is -2.60. The largest absolute Gasteiger partial charge is 0.370 e. The van der Waals surface area contributed by atoms with Crippen LogP contribution < -0.4 is 54.4 Å². The Morgan fingerprint density at radius 1 is 0.771 bits per heavy atom. The normalized spacial score (nSPS) is 21.6. The van der Waals surface area contributed by atoms with Crippen molar-refractivity contribution in [1.82, 2.24) is 52.2 Å². The SMILES string of the molecule is NC(=O)C(Cc1c[nH]c2ccccc12)NC(=O)C1CCNC(=O)CCC(NC(=O)CC2CCCC2)C(=O)NC(Cc2cnc[nH]2)C(=O)NC(Cc2ccccc2)C(=O)NC(CCCN=C(N)N)C(=O)N1. The van der Waals surface area contributed by atoms with E-state index in [0.717, 1.165) is 36.6 Å². The highest BCUT2D eigenvalue weighted by Gasteiger charge is 2.35. The number of nitrogens with zero attached hydrogens (tertiary/aromatic N) is 2. The number of carbonyl (C=O) groups is 8. The number of rotatable bonds is 16. The van der Waals surface area contributed by atoms with Gasteiger partial charge in [0, 0.05) is 74.2 Å². The van der Waals surface area contributed by atoms with Crippen molar-refractivity contribution in [3.8, 4) is 0 Å². The molecule has 3 heterocycles. The van der Waals surface area contributed by atoms with E-state index in [2.05, 4.69) is 57.2 Å². The van der Waals surface area contributed by atoms with Gasteiger partial charge in [0.1, 0.15) is 36.3 Å². The Kier molecular flexibility index (Phi) is 18.8. The number of amides is 8. The Balaban J connectivity index is 1.32. The zero-order chi connectivity index (χ0) is 50.0. The number of nitrogens with one attached hydrogen (secondary N) is 9. The first-order valence-electron chi connectivity index (χ1n) is 23.7. The summed E-state index contributed by atoms with van der Waals surface area (Å²) in [4.78, 5) is 126. The van der Waals surface area contributed by atoms with Gasteiger partial charge in [-0.25, -0.2) is 4.98 Å². The second-order valence-electron chi connectivity index (χ2n) is 17.8. The van der Waals surface area contributed by atoms with Crippen molar-refractivity contribution < 1.29 is 38.4 Å². The molecule has 22 nitrogen and oxygen atoms in total. The Hall–Kier alpha value is -7.78. The molecule has 0 spiro atoms. The maximum Gasteiger partial charge on any atom is 0.243 e. The minimum Gasteiger partial charge on any atom is -0.370 e. The zero-order valence-electron chi connectivity index (χ0n) is 39.0. The van der Waals surface area contributed by atoms with Crippen LogP contribution in [0.4, 0.5) is 0 Å². The van der Waals surface area contributed by atoms with Gasteiger partial charge in [0.15, 0.2) is 5.96 Å². The topological polar surface area (TPSA) is 356 Å². The van der Waals surface area contributed by atoms with Gasteiger partial charge >= 0.3 is 0 Å². The minimum atomic E-state index is -1.40. The van der Waals surface area contributed by atoms with E-state index < -0.39 is 77.6 Å². The second-order valence-corrected chi connectivity index (χ2v) is 17.8. The van der Waals surface area contributed by atoms with Gasteiger partial charge in [-0.1, -0.05) is 61.4 Å². The monoisotopic (exact) mass is 965 g/mol. The number of fused-ring (bicyclic) bond motifs is 1. The van der Waals surface area contributed by atoms with Crippen molar-refractivity contribution in [2.45, 2.75) is 120 Å². The lowest BCUT2D eigenvalue weighted by Gasteiger charge is -2.27. The molecule has 1 saturated carbocycles. The number of imidazole rings is 1. The quantitative estimate of drug-likeness (QED) is 0.0377. The number of benzene rings is 2. The van der Waals surface area contributed by atoms with Crippen molar-refractivity contribution in [2.24, 2.45) is 28.1 Å². The van der Waals surface area contributed by atoms with E-state index in [4.69, 9.17) is 17.2 Å². The molecule has 22 heteroatoms. The number of aromatic nitrogens is 3. The number of aliphatic imine (C=N–C) groups is 1. The molecule has 8 amide bonds. The van der Waals surface area contributed by atoms with Gasteiger partial charge in [-0.05, 0) is 61.6 Å². The summed E-state index contributed by atoms with van der Waals surface area (Å²) >= 11 is 0. The molecule has 4 aromatic rings. The Morgan fingerprint density at radius 2 is 1.46 bits per heavy atom. The third-order valence-corrected chi connectivity index (χ3v) is 12.5. The third-order valence-electron chi connectivity index (χ3n) is 12.5. The summed E-state index contributed by atoms with van der Waals surface area (Å²) in [6.45, 7) is -0.0929. The van der Waals surface area contributed by atoms with Crippen molar-refractivity contribution in [1.29, 1.82) is 0 Å². The number of guanidine groups is 1. The van der Waals surface area contributed by atoms with Gasteiger partial charge in [0.25, 0.3) is 0 Å². The van der Waals surface area contributed by atoms with Gasteiger partial charge in [0.05, 0.1) is 6.33 Å². The molecule has 1 aliphatic carbocycles. The Bertz CT molecular complexity index is 2470. The Labute approximate surface area is 404 Å². The first-order chi connectivity index (χ1) is 33.7. The fourth-order valence-electron chi connectivity index (χ4n) is 8.75. The predicted molar refractivity (Wildman–Crippen MR) is 259 cm³/mol. The summed E-state index contributed by atoms with van der Waals surface area (Å²) in [7, 11) is 0. The van der Waals surface area contributed by atoms with Crippen LogP contribution >= 0.6 is 0 Å². The van der Waals surface area contributed by atoms with Crippen LogP contribution in [0.15, 0.2) is 78.3 Å². The number of hydrogen-bond acceptors (Lipinski definition) is 10. The molecule has 2 fully saturated rings. The molecular weight excluding hydrogens is 901 g/mol. The maximum absolute atomic E-state index is 14.5. The highest BCUT2D eigenvalue weighted by molar-refractivity contribution is 5.97. The molecule has 2 aromatic heterocycles. The molecule has 1 saturated heterocycles.